The van der Waals surface area contributed by atoms with Gasteiger partial charge in [0.1, 0.15) is 5.70 Å². The monoisotopic (exact) mass is 307 g/mol. The summed E-state index contributed by atoms with van der Waals surface area (Å²) in [5.74, 6) is -0.254. The van der Waals surface area contributed by atoms with Crippen molar-refractivity contribution in [3.8, 4) is 0 Å². The Balaban J connectivity index is 1.65. The lowest BCUT2D eigenvalue weighted by Crippen LogP contribution is -2.48. The highest BCUT2D eigenvalue weighted by molar-refractivity contribution is 8.04. The van der Waals surface area contributed by atoms with Crippen LogP contribution in [0.5, 0.6) is 0 Å². The fourth-order valence-corrected chi connectivity index (χ4v) is 4.70. The number of β-lactam (4-membered cyclic amide) rings is 1. The number of aliphatic carboxylic acids is 1. The number of carboxylic acids is 1. The zero-order valence-electron chi connectivity index (χ0n) is 10.6. The van der Waals surface area contributed by atoms with Gasteiger partial charge in [0.05, 0.1) is 11.8 Å². The molecule has 104 valence electrons. The highest BCUT2D eigenvalue weighted by atomic mass is 32.2. The second-order valence-electron chi connectivity index (χ2n) is 4.53. The average molecular weight is 307 g/mol. The lowest BCUT2D eigenvalue weighted by molar-refractivity contribution is -0.145. The molecule has 1 saturated heterocycles. The van der Waals surface area contributed by atoms with Crippen LogP contribution in [-0.2, 0) is 9.59 Å². The number of hydrogen-bond donors (Lipinski definition) is 1. The molecule has 0 unspecified atom stereocenters. The van der Waals surface area contributed by atoms with Crippen LogP contribution in [0, 0.1) is 0 Å². The number of allylic oxidation sites excluding steroid dienone is 1. The topological polar surface area (TPSA) is 57.6 Å². The van der Waals surface area contributed by atoms with Crippen LogP contribution < -0.4 is 0 Å². The van der Waals surface area contributed by atoms with Crippen molar-refractivity contribution in [3.63, 3.8) is 0 Å². The number of benzene rings is 1. The lowest BCUT2D eigenvalue weighted by Gasteiger charge is -2.33. The molecule has 0 saturated carbocycles. The Labute approximate surface area is 125 Å². The largest absolute Gasteiger partial charge is 0.477 e. The minimum absolute atomic E-state index is 0.0188. The summed E-state index contributed by atoms with van der Waals surface area (Å²) in [6.07, 6.45) is 1.14. The van der Waals surface area contributed by atoms with Crippen molar-refractivity contribution in [2.75, 3.05) is 5.75 Å². The molecule has 4 nitrogen and oxygen atoms in total. The Morgan fingerprint density at radius 1 is 1.40 bits per heavy atom. The molecule has 2 aliphatic heterocycles. The molecular formula is C14H13NO3S2. The molecule has 0 aliphatic carbocycles. The van der Waals surface area contributed by atoms with Crippen LogP contribution in [0.3, 0.4) is 0 Å². The zero-order valence-corrected chi connectivity index (χ0v) is 12.2. The van der Waals surface area contributed by atoms with Crippen molar-refractivity contribution in [2.24, 2.45) is 0 Å². The lowest BCUT2D eigenvalue weighted by atomic mass is 10.1. The first-order chi connectivity index (χ1) is 9.66. The van der Waals surface area contributed by atoms with E-state index in [1.54, 1.807) is 11.8 Å². The minimum Gasteiger partial charge on any atom is -0.477 e. The summed E-state index contributed by atoms with van der Waals surface area (Å²) in [7, 11) is 0. The van der Waals surface area contributed by atoms with Crippen LogP contribution in [0.2, 0.25) is 0 Å². The van der Waals surface area contributed by atoms with E-state index in [1.807, 2.05) is 30.3 Å². The quantitative estimate of drug-likeness (QED) is 0.669. The van der Waals surface area contributed by atoms with Gasteiger partial charge in [-0.15, -0.1) is 23.5 Å². The maximum Gasteiger partial charge on any atom is 0.353 e. The van der Waals surface area contributed by atoms with E-state index in [0.717, 1.165) is 10.7 Å². The Bertz CT molecular complexity index is 585. The number of carbonyl (C=O) groups excluding carboxylic acids is 1. The maximum atomic E-state index is 11.5. The molecule has 1 N–H and O–H groups in total. The summed E-state index contributed by atoms with van der Waals surface area (Å²) in [5.41, 5.74) is 0.199. The van der Waals surface area contributed by atoms with Crippen LogP contribution in [0.1, 0.15) is 12.8 Å². The summed E-state index contributed by atoms with van der Waals surface area (Å²) in [5, 5.41) is 9.29. The highest BCUT2D eigenvalue weighted by Gasteiger charge is 2.47. The van der Waals surface area contributed by atoms with Crippen LogP contribution >= 0.6 is 23.5 Å². The molecule has 2 aliphatic rings. The summed E-state index contributed by atoms with van der Waals surface area (Å²) < 4.78 is 0. The second-order valence-corrected chi connectivity index (χ2v) is 6.97. The Kier molecular flexibility index (Phi) is 3.76. The predicted octanol–water partition coefficient (Wildman–Crippen LogP) is 2.77. The standard InChI is InChI=1S/C14H13NO3S2/c16-11-8-12-15(11)13(14(17)18)10(20-12)6-7-19-9-4-2-1-3-5-9/h1-5,12H,6-8H2,(H,17,18)/t12-/m1/s1. The summed E-state index contributed by atoms with van der Waals surface area (Å²) in [6.45, 7) is 0. The second kappa shape index (κ2) is 5.54. The van der Waals surface area contributed by atoms with E-state index in [2.05, 4.69) is 0 Å². The van der Waals surface area contributed by atoms with Gasteiger partial charge in [-0.25, -0.2) is 4.79 Å². The van der Waals surface area contributed by atoms with Gasteiger partial charge in [-0.1, -0.05) is 18.2 Å². The van der Waals surface area contributed by atoms with Crippen molar-refractivity contribution in [1.82, 2.24) is 4.90 Å². The number of rotatable bonds is 5. The molecular weight excluding hydrogens is 294 g/mol. The van der Waals surface area contributed by atoms with E-state index in [0.29, 0.717) is 12.8 Å². The SMILES string of the molecule is O=C(O)C1=C(CCSc2ccccc2)S[C@@H]2CC(=O)N12. The number of fused-ring (bicyclic) bond motifs is 1. The van der Waals surface area contributed by atoms with E-state index >= 15 is 0 Å². The van der Waals surface area contributed by atoms with Crippen molar-refractivity contribution < 1.29 is 14.7 Å². The molecule has 1 atom stereocenters. The van der Waals surface area contributed by atoms with Crippen molar-refractivity contribution in [1.29, 1.82) is 0 Å². The van der Waals surface area contributed by atoms with Gasteiger partial charge in [0, 0.05) is 15.6 Å². The van der Waals surface area contributed by atoms with Gasteiger partial charge < -0.3 is 5.11 Å². The van der Waals surface area contributed by atoms with E-state index in [4.69, 9.17) is 0 Å². The van der Waals surface area contributed by atoms with Crippen LogP contribution in [0.25, 0.3) is 0 Å². The van der Waals surface area contributed by atoms with Gasteiger partial charge >= 0.3 is 5.97 Å². The first-order valence-electron chi connectivity index (χ1n) is 6.30. The van der Waals surface area contributed by atoms with E-state index in [-0.39, 0.29) is 17.0 Å². The van der Waals surface area contributed by atoms with Crippen molar-refractivity contribution >= 4 is 35.4 Å². The molecule has 20 heavy (non-hydrogen) atoms. The number of amides is 1. The third-order valence-corrected chi connectivity index (χ3v) is 5.58. The number of nitrogens with zero attached hydrogens (tertiary/aromatic N) is 1. The Morgan fingerprint density at radius 3 is 2.80 bits per heavy atom. The molecule has 0 bridgehead atoms. The zero-order chi connectivity index (χ0) is 14.1. The Morgan fingerprint density at radius 2 is 2.15 bits per heavy atom. The normalized spacial score (nSPS) is 20.9. The van der Waals surface area contributed by atoms with E-state index in [9.17, 15) is 14.7 Å². The first kappa shape index (κ1) is 13.6. The Hall–Kier alpha value is -1.40. The maximum absolute atomic E-state index is 11.5. The molecule has 3 rings (SSSR count). The van der Waals surface area contributed by atoms with Crippen LogP contribution in [0.15, 0.2) is 45.8 Å². The molecule has 0 radical (unpaired) electrons. The van der Waals surface area contributed by atoms with Crippen LogP contribution in [-0.4, -0.2) is 33.0 Å². The fourth-order valence-electron chi connectivity index (χ4n) is 2.28. The molecule has 0 spiro atoms. The number of carboxylic acid groups (broad SMARTS) is 1. The molecule has 1 aromatic carbocycles. The summed E-state index contributed by atoms with van der Waals surface area (Å²) >= 11 is 3.23. The molecule has 1 amide bonds. The van der Waals surface area contributed by atoms with Gasteiger partial charge in [0.25, 0.3) is 0 Å². The molecule has 6 heteroatoms. The molecule has 1 fully saturated rings. The fraction of sp³-hybridized carbons (Fsp3) is 0.286. The van der Waals surface area contributed by atoms with Gasteiger partial charge in [0.15, 0.2) is 0 Å². The smallest absolute Gasteiger partial charge is 0.353 e. The number of carbonyl (C=O) groups is 2. The van der Waals surface area contributed by atoms with Gasteiger partial charge in [-0.05, 0) is 18.6 Å². The third-order valence-electron chi connectivity index (χ3n) is 3.23. The molecule has 0 aromatic heterocycles. The third kappa shape index (κ3) is 2.45. The van der Waals surface area contributed by atoms with Crippen LogP contribution in [0.4, 0.5) is 0 Å². The summed E-state index contributed by atoms with van der Waals surface area (Å²) in [6, 6.07) is 10.0. The summed E-state index contributed by atoms with van der Waals surface area (Å²) in [4.78, 5) is 26.2. The highest BCUT2D eigenvalue weighted by Crippen LogP contribution is 2.47. The van der Waals surface area contributed by atoms with Gasteiger partial charge in [-0.3, -0.25) is 9.69 Å². The number of thioether (sulfide) groups is 2. The van der Waals surface area contributed by atoms with E-state index in [1.165, 1.54) is 21.6 Å². The molecule has 1 aromatic rings. The number of hydrogen-bond acceptors (Lipinski definition) is 4. The van der Waals surface area contributed by atoms with Crippen molar-refractivity contribution in [2.45, 2.75) is 23.1 Å². The molecule has 2 heterocycles. The average Bonchev–Trinajstić information content (AvgIpc) is 2.73. The van der Waals surface area contributed by atoms with Gasteiger partial charge in [0.2, 0.25) is 5.91 Å². The van der Waals surface area contributed by atoms with Crippen molar-refractivity contribution in [3.05, 3.63) is 40.9 Å². The van der Waals surface area contributed by atoms with E-state index < -0.39 is 5.97 Å². The first-order valence-corrected chi connectivity index (χ1v) is 8.16. The minimum atomic E-state index is -0.993. The van der Waals surface area contributed by atoms with Gasteiger partial charge in [-0.2, -0.15) is 0 Å². The predicted molar refractivity (Wildman–Crippen MR) is 79.3 cm³/mol.